The van der Waals surface area contributed by atoms with Crippen molar-refractivity contribution in [2.75, 3.05) is 21.3 Å². The van der Waals surface area contributed by atoms with Gasteiger partial charge in [0.15, 0.2) is 0 Å². The Labute approximate surface area is 60.6 Å². The summed E-state index contributed by atoms with van der Waals surface area (Å²) in [5.74, 6) is 0. The predicted molar refractivity (Wildman–Crippen MR) is 35.7 cm³/mol. The summed E-state index contributed by atoms with van der Waals surface area (Å²) >= 11 is 0.203. The van der Waals surface area contributed by atoms with Crippen molar-refractivity contribution >= 4 is 30.1 Å². The van der Waals surface area contributed by atoms with E-state index >= 15 is 0 Å². The van der Waals surface area contributed by atoms with Crippen LogP contribution in [0.5, 0.6) is 0 Å². The monoisotopic (exact) mass is 292 g/mol. The molecular weight excluding hydrogens is 283 g/mol. The molecule has 0 amide bonds. The van der Waals surface area contributed by atoms with Gasteiger partial charge in [-0.25, -0.2) is 0 Å². The zero-order valence-electron chi connectivity index (χ0n) is 5.10. The maximum atomic E-state index is 4.92. The van der Waals surface area contributed by atoms with Crippen molar-refractivity contribution in [2.45, 2.75) is 0 Å². The first kappa shape index (κ1) is 9.16. The molecule has 50 valence electrons. The molecule has 0 N–H and O–H groups in total. The number of hydrogen-bond acceptors (Lipinski definition) is 3. The van der Waals surface area contributed by atoms with Gasteiger partial charge in [-0.1, -0.05) is 0 Å². The van der Waals surface area contributed by atoms with Crippen LogP contribution in [0, 0.1) is 0 Å². The third kappa shape index (κ3) is 2.63. The average molecular weight is 292 g/mol. The summed E-state index contributed by atoms with van der Waals surface area (Å²) in [5.41, 5.74) is 0. The maximum absolute atomic E-state index is 4.92. The quantitative estimate of drug-likeness (QED) is 0.719. The first-order valence-electron chi connectivity index (χ1n) is 2.03. The van der Waals surface area contributed by atoms with Crippen molar-refractivity contribution in [1.82, 2.24) is 0 Å². The zero-order valence-corrected chi connectivity index (χ0v) is 9.54. The predicted octanol–water partition coefficient (Wildman–Crippen LogP) is 0.756. The average Bonchev–Trinajstić information content (AvgIpc) is 1.87. The summed E-state index contributed by atoms with van der Waals surface area (Å²) in [7, 11) is 4.70. The molecule has 0 aliphatic heterocycles. The second kappa shape index (κ2) is 4.05. The Morgan fingerprint density at radius 1 is 1.00 bits per heavy atom. The SMILES string of the molecule is C[O][Sn]([Br])([O]C)[O]C. The van der Waals surface area contributed by atoms with Gasteiger partial charge < -0.3 is 0 Å². The Morgan fingerprint density at radius 2 is 1.25 bits per heavy atom. The van der Waals surface area contributed by atoms with Gasteiger partial charge in [-0.15, -0.1) is 0 Å². The molecule has 8 heavy (non-hydrogen) atoms. The fourth-order valence-corrected chi connectivity index (χ4v) is 1.68. The van der Waals surface area contributed by atoms with Crippen LogP contribution in [0.1, 0.15) is 0 Å². The van der Waals surface area contributed by atoms with E-state index in [1.807, 2.05) is 0 Å². The van der Waals surface area contributed by atoms with Crippen LogP contribution in [-0.2, 0) is 9.22 Å². The van der Waals surface area contributed by atoms with Gasteiger partial charge in [-0.3, -0.25) is 0 Å². The van der Waals surface area contributed by atoms with Crippen molar-refractivity contribution < 1.29 is 9.22 Å². The van der Waals surface area contributed by atoms with E-state index in [4.69, 9.17) is 9.22 Å². The van der Waals surface area contributed by atoms with Crippen molar-refractivity contribution in [1.29, 1.82) is 0 Å². The van der Waals surface area contributed by atoms with E-state index in [0.717, 1.165) is 0 Å². The van der Waals surface area contributed by atoms with E-state index in [1.165, 1.54) is 0 Å². The van der Waals surface area contributed by atoms with Gasteiger partial charge in [0.05, 0.1) is 0 Å². The fourth-order valence-electron chi connectivity index (χ4n) is 0.250. The Balaban J connectivity index is 3.58. The normalized spacial score (nSPS) is 12.0. The molecule has 0 bridgehead atoms. The van der Waals surface area contributed by atoms with Crippen molar-refractivity contribution in [2.24, 2.45) is 0 Å². The fraction of sp³-hybridized carbons (Fsp3) is 1.00. The van der Waals surface area contributed by atoms with Gasteiger partial charge in [-0.05, 0) is 0 Å². The Morgan fingerprint density at radius 3 is 1.25 bits per heavy atom. The standard InChI is InChI=1S/3CH3O.BrH.Sn/c3*1-2;;/h3*1H3;1H;/q3*-1;;+4/p-1. The van der Waals surface area contributed by atoms with Crippen molar-refractivity contribution in [3.63, 3.8) is 0 Å². The summed E-state index contributed by atoms with van der Waals surface area (Å²) in [4.78, 5) is 0. The van der Waals surface area contributed by atoms with Gasteiger partial charge in [0.1, 0.15) is 0 Å². The summed E-state index contributed by atoms with van der Waals surface area (Å²) < 4.78 is 14.8. The minimum absolute atomic E-state index is 1.57. The molecule has 3 nitrogen and oxygen atoms in total. The number of halogens is 1. The van der Waals surface area contributed by atoms with Crippen LogP contribution in [0.2, 0.25) is 0 Å². The van der Waals surface area contributed by atoms with E-state index < -0.39 is 17.4 Å². The molecule has 5 heteroatoms. The number of rotatable bonds is 3. The summed E-state index contributed by atoms with van der Waals surface area (Å²) in [6.07, 6.45) is 0. The summed E-state index contributed by atoms with van der Waals surface area (Å²) in [6.45, 7) is 0. The van der Waals surface area contributed by atoms with Crippen molar-refractivity contribution in [3.05, 3.63) is 0 Å². The van der Waals surface area contributed by atoms with E-state index in [9.17, 15) is 0 Å². The van der Waals surface area contributed by atoms with Gasteiger partial charge in [0.2, 0.25) is 0 Å². The molecule has 0 aromatic rings. The molecule has 0 radical (unpaired) electrons. The molecule has 0 spiro atoms. The van der Waals surface area contributed by atoms with E-state index in [-0.39, 0.29) is 0 Å². The molecule has 0 saturated heterocycles. The van der Waals surface area contributed by atoms with Crippen LogP contribution in [0.15, 0.2) is 0 Å². The topological polar surface area (TPSA) is 27.7 Å². The van der Waals surface area contributed by atoms with Gasteiger partial charge in [-0.2, -0.15) is 0 Å². The Hall–Kier alpha value is 1.16. The van der Waals surface area contributed by atoms with Crippen LogP contribution < -0.4 is 0 Å². The minimum atomic E-state index is -3.02. The third-order valence-electron chi connectivity index (χ3n) is 0.731. The molecule has 0 aromatic heterocycles. The molecular formula is C3H9BrO3Sn. The van der Waals surface area contributed by atoms with Crippen molar-refractivity contribution in [3.8, 4) is 0 Å². The van der Waals surface area contributed by atoms with Gasteiger partial charge in [0, 0.05) is 0 Å². The molecule has 0 fully saturated rings. The van der Waals surface area contributed by atoms with E-state index in [2.05, 4.69) is 12.7 Å². The summed E-state index contributed by atoms with van der Waals surface area (Å²) in [5, 5.41) is 0. The molecule has 0 rings (SSSR count). The molecule has 0 aliphatic carbocycles. The van der Waals surface area contributed by atoms with Gasteiger partial charge >= 0.3 is 60.7 Å². The van der Waals surface area contributed by atoms with Crippen LogP contribution in [0.3, 0.4) is 0 Å². The molecule has 0 unspecified atom stereocenters. The number of hydrogen-bond donors (Lipinski definition) is 0. The molecule has 0 aliphatic rings. The molecule has 0 saturated carbocycles. The Bertz CT molecular complexity index is 57.3. The van der Waals surface area contributed by atoms with E-state index in [1.54, 1.807) is 21.3 Å². The van der Waals surface area contributed by atoms with Crippen LogP contribution in [-0.4, -0.2) is 38.7 Å². The first-order chi connectivity index (χ1) is 3.68. The molecule has 0 aromatic carbocycles. The van der Waals surface area contributed by atoms with Gasteiger partial charge in [0.25, 0.3) is 0 Å². The second-order valence-corrected chi connectivity index (χ2v) is 13.9. The molecule has 0 atom stereocenters. The van der Waals surface area contributed by atoms with Crippen LogP contribution in [0.4, 0.5) is 0 Å². The van der Waals surface area contributed by atoms with E-state index in [0.29, 0.717) is 0 Å². The third-order valence-corrected chi connectivity index (χ3v) is 11.4. The Kier molecular flexibility index (Phi) is 4.64. The molecule has 0 heterocycles. The zero-order chi connectivity index (χ0) is 6.62. The van der Waals surface area contributed by atoms with Crippen LogP contribution >= 0.6 is 12.7 Å². The summed E-state index contributed by atoms with van der Waals surface area (Å²) in [6, 6.07) is 0. The second-order valence-electron chi connectivity index (χ2n) is 1.09. The van der Waals surface area contributed by atoms with Crippen LogP contribution in [0.25, 0.3) is 0 Å². The first-order valence-corrected chi connectivity index (χ1v) is 11.9.